The minimum atomic E-state index is -0.850. The second-order valence-electron chi connectivity index (χ2n) is 4.61. The summed E-state index contributed by atoms with van der Waals surface area (Å²) >= 11 is 0. The first kappa shape index (κ1) is 11.4. The van der Waals surface area contributed by atoms with Crippen molar-refractivity contribution in [2.45, 2.75) is 25.9 Å². The Labute approximate surface area is 94.4 Å². The summed E-state index contributed by atoms with van der Waals surface area (Å²) in [6.07, 6.45) is 1.38. The van der Waals surface area contributed by atoms with Gasteiger partial charge in [-0.25, -0.2) is 0 Å². The van der Waals surface area contributed by atoms with E-state index in [4.69, 9.17) is 9.84 Å². The summed E-state index contributed by atoms with van der Waals surface area (Å²) in [4.78, 5) is 24.4. The number of amides is 1. The Morgan fingerprint density at radius 1 is 1.38 bits per heavy atom. The van der Waals surface area contributed by atoms with E-state index in [1.165, 1.54) is 0 Å². The van der Waals surface area contributed by atoms with Crippen LogP contribution in [0.15, 0.2) is 0 Å². The fraction of sp³-hybridized carbons (Fsp3) is 0.818. The first-order chi connectivity index (χ1) is 7.59. The average Bonchev–Trinajstić information content (AvgIpc) is 3.00. The lowest BCUT2D eigenvalue weighted by Crippen LogP contribution is -2.37. The number of hydrogen-bond donors (Lipinski definition) is 1. The van der Waals surface area contributed by atoms with Gasteiger partial charge in [-0.15, -0.1) is 0 Å². The van der Waals surface area contributed by atoms with Crippen molar-refractivity contribution in [3.8, 4) is 0 Å². The third-order valence-corrected chi connectivity index (χ3v) is 3.19. The van der Waals surface area contributed by atoms with Crippen molar-refractivity contribution in [1.29, 1.82) is 0 Å². The first-order valence-corrected chi connectivity index (χ1v) is 5.73. The standard InChI is InChI=1S/C11H17NO4/c1-7-6-12(3-2-4-16-7)10(13)8-5-9(8)11(14)15/h7-9H,2-6H2,1H3,(H,14,15)/t7?,8-,9+/m1/s1. The zero-order valence-corrected chi connectivity index (χ0v) is 9.39. The molecule has 2 rings (SSSR count). The van der Waals surface area contributed by atoms with Crippen LogP contribution < -0.4 is 0 Å². The fourth-order valence-corrected chi connectivity index (χ4v) is 2.17. The molecule has 5 nitrogen and oxygen atoms in total. The van der Waals surface area contributed by atoms with Gasteiger partial charge in [0.15, 0.2) is 0 Å². The quantitative estimate of drug-likeness (QED) is 0.739. The summed E-state index contributed by atoms with van der Waals surface area (Å²) in [6, 6.07) is 0. The van der Waals surface area contributed by atoms with Crippen LogP contribution in [0.25, 0.3) is 0 Å². The first-order valence-electron chi connectivity index (χ1n) is 5.73. The number of hydrogen-bond acceptors (Lipinski definition) is 3. The van der Waals surface area contributed by atoms with Crippen LogP contribution in [0.4, 0.5) is 0 Å². The van der Waals surface area contributed by atoms with Crippen LogP contribution in [0.3, 0.4) is 0 Å². The van der Waals surface area contributed by atoms with Crippen LogP contribution in [-0.4, -0.2) is 47.7 Å². The van der Waals surface area contributed by atoms with E-state index in [2.05, 4.69) is 0 Å². The zero-order chi connectivity index (χ0) is 11.7. The number of carboxylic acids is 1. The minimum absolute atomic E-state index is 0.00949. The SMILES string of the molecule is CC1CN(C(=O)[C@@H]2C[C@@H]2C(=O)O)CCCO1. The molecule has 16 heavy (non-hydrogen) atoms. The Bertz CT molecular complexity index is 304. The van der Waals surface area contributed by atoms with Gasteiger partial charge < -0.3 is 14.7 Å². The van der Waals surface area contributed by atoms with Crippen LogP contribution in [0.1, 0.15) is 19.8 Å². The van der Waals surface area contributed by atoms with E-state index in [1.807, 2.05) is 6.92 Å². The molecule has 1 N–H and O–H groups in total. The molecule has 0 radical (unpaired) electrons. The number of rotatable bonds is 2. The van der Waals surface area contributed by atoms with Gasteiger partial charge >= 0.3 is 5.97 Å². The maximum absolute atomic E-state index is 12.0. The molecule has 0 aromatic heterocycles. The zero-order valence-electron chi connectivity index (χ0n) is 9.39. The van der Waals surface area contributed by atoms with E-state index in [0.717, 1.165) is 6.42 Å². The van der Waals surface area contributed by atoms with Gasteiger partial charge in [0.25, 0.3) is 0 Å². The van der Waals surface area contributed by atoms with Gasteiger partial charge in [0.05, 0.1) is 17.9 Å². The molecule has 0 bridgehead atoms. The third kappa shape index (κ3) is 2.35. The van der Waals surface area contributed by atoms with E-state index >= 15 is 0 Å². The molecule has 1 aliphatic carbocycles. The van der Waals surface area contributed by atoms with E-state index in [1.54, 1.807) is 4.90 Å². The van der Waals surface area contributed by atoms with E-state index in [-0.39, 0.29) is 17.9 Å². The highest BCUT2D eigenvalue weighted by atomic mass is 16.5. The Morgan fingerprint density at radius 2 is 2.12 bits per heavy atom. The molecule has 1 unspecified atom stereocenters. The lowest BCUT2D eigenvalue weighted by molar-refractivity contribution is -0.142. The molecule has 3 atom stereocenters. The van der Waals surface area contributed by atoms with Gasteiger partial charge in [0.1, 0.15) is 0 Å². The summed E-state index contributed by atoms with van der Waals surface area (Å²) in [7, 11) is 0. The second-order valence-corrected chi connectivity index (χ2v) is 4.61. The smallest absolute Gasteiger partial charge is 0.307 e. The monoisotopic (exact) mass is 227 g/mol. The molecule has 0 aromatic carbocycles. The van der Waals surface area contributed by atoms with Gasteiger partial charge in [0.2, 0.25) is 5.91 Å². The van der Waals surface area contributed by atoms with Crippen molar-refractivity contribution >= 4 is 11.9 Å². The molecular weight excluding hydrogens is 210 g/mol. The van der Waals surface area contributed by atoms with Crippen LogP contribution >= 0.6 is 0 Å². The van der Waals surface area contributed by atoms with Crippen LogP contribution in [0.2, 0.25) is 0 Å². The molecule has 1 aliphatic heterocycles. The van der Waals surface area contributed by atoms with Crippen LogP contribution in [0.5, 0.6) is 0 Å². The minimum Gasteiger partial charge on any atom is -0.481 e. The lowest BCUT2D eigenvalue weighted by atomic mass is 10.2. The highest BCUT2D eigenvalue weighted by Gasteiger charge is 2.49. The molecule has 0 spiro atoms. The van der Waals surface area contributed by atoms with Gasteiger partial charge in [0, 0.05) is 19.7 Å². The summed E-state index contributed by atoms with van der Waals surface area (Å²) in [5, 5.41) is 8.78. The van der Waals surface area contributed by atoms with Crippen molar-refractivity contribution in [2.75, 3.05) is 19.7 Å². The number of ether oxygens (including phenoxy) is 1. The fourth-order valence-electron chi connectivity index (χ4n) is 2.17. The number of carbonyl (C=O) groups excluding carboxylic acids is 1. The number of nitrogens with zero attached hydrogens (tertiary/aromatic N) is 1. The molecule has 1 saturated carbocycles. The van der Waals surface area contributed by atoms with Gasteiger partial charge in [-0.3, -0.25) is 9.59 Å². The van der Waals surface area contributed by atoms with Gasteiger partial charge in [-0.05, 0) is 19.8 Å². The van der Waals surface area contributed by atoms with E-state index < -0.39 is 11.9 Å². The Kier molecular flexibility index (Phi) is 3.14. The Hall–Kier alpha value is -1.10. The van der Waals surface area contributed by atoms with Gasteiger partial charge in [-0.2, -0.15) is 0 Å². The van der Waals surface area contributed by atoms with E-state index in [0.29, 0.717) is 26.1 Å². The molecular formula is C11H17NO4. The van der Waals surface area contributed by atoms with Crippen molar-refractivity contribution in [3.63, 3.8) is 0 Å². The average molecular weight is 227 g/mol. The van der Waals surface area contributed by atoms with Crippen molar-refractivity contribution in [1.82, 2.24) is 4.90 Å². The Morgan fingerprint density at radius 3 is 2.75 bits per heavy atom. The molecule has 2 fully saturated rings. The molecule has 5 heteroatoms. The second kappa shape index (κ2) is 4.41. The molecule has 90 valence electrons. The maximum atomic E-state index is 12.0. The highest BCUT2D eigenvalue weighted by Crippen LogP contribution is 2.40. The molecule has 2 aliphatic rings. The molecule has 1 saturated heterocycles. The maximum Gasteiger partial charge on any atom is 0.307 e. The molecule has 1 amide bonds. The summed E-state index contributed by atoms with van der Waals surface area (Å²) in [6.45, 7) is 3.89. The largest absolute Gasteiger partial charge is 0.481 e. The van der Waals surface area contributed by atoms with Crippen molar-refractivity contribution in [2.24, 2.45) is 11.8 Å². The van der Waals surface area contributed by atoms with Crippen LogP contribution in [0, 0.1) is 11.8 Å². The van der Waals surface area contributed by atoms with Crippen molar-refractivity contribution in [3.05, 3.63) is 0 Å². The van der Waals surface area contributed by atoms with E-state index in [9.17, 15) is 9.59 Å². The molecule has 1 heterocycles. The van der Waals surface area contributed by atoms with Crippen LogP contribution in [-0.2, 0) is 14.3 Å². The number of aliphatic carboxylic acids is 1. The third-order valence-electron chi connectivity index (χ3n) is 3.19. The molecule has 0 aromatic rings. The highest BCUT2D eigenvalue weighted by molar-refractivity contribution is 5.89. The predicted molar refractivity (Wildman–Crippen MR) is 55.8 cm³/mol. The topological polar surface area (TPSA) is 66.8 Å². The predicted octanol–water partition coefficient (Wildman–Crippen LogP) is 0.344. The summed E-state index contributed by atoms with van der Waals surface area (Å²) in [5.41, 5.74) is 0. The number of carboxylic acid groups (broad SMARTS) is 1. The normalized spacial score (nSPS) is 34.3. The Balaban J connectivity index is 1.92. The van der Waals surface area contributed by atoms with Crippen molar-refractivity contribution < 1.29 is 19.4 Å². The summed E-state index contributed by atoms with van der Waals surface area (Å²) < 4.78 is 5.45. The lowest BCUT2D eigenvalue weighted by Gasteiger charge is -2.22. The summed E-state index contributed by atoms with van der Waals surface area (Å²) in [5.74, 6) is -1.60. The van der Waals surface area contributed by atoms with Gasteiger partial charge in [-0.1, -0.05) is 0 Å². The number of carbonyl (C=O) groups is 2.